The van der Waals surface area contributed by atoms with Gasteiger partial charge in [0.1, 0.15) is 17.7 Å². The largest absolute Gasteiger partial charge is 0.484 e. The molecule has 0 aliphatic rings. The fourth-order valence-electron chi connectivity index (χ4n) is 2.12. The van der Waals surface area contributed by atoms with Crippen LogP contribution in [0.25, 0.3) is 0 Å². The van der Waals surface area contributed by atoms with E-state index in [0.29, 0.717) is 6.54 Å². The van der Waals surface area contributed by atoms with Gasteiger partial charge in [0.2, 0.25) is 0 Å². The molecule has 2 aromatic rings. The van der Waals surface area contributed by atoms with E-state index in [1.807, 2.05) is 32.0 Å². The van der Waals surface area contributed by atoms with Gasteiger partial charge in [0.05, 0.1) is 0 Å². The fraction of sp³-hybridized carbons (Fsp3) is 0.250. The predicted octanol–water partition coefficient (Wildman–Crippen LogP) is 3.52. The van der Waals surface area contributed by atoms with Crippen LogP contribution in [0.4, 0.5) is 4.39 Å². The Morgan fingerprint density at radius 2 is 1.79 bits per heavy atom. The molecule has 0 spiro atoms. The van der Waals surface area contributed by atoms with E-state index in [1.54, 1.807) is 6.07 Å². The summed E-state index contributed by atoms with van der Waals surface area (Å²) in [6.45, 7) is 4.33. The van der Waals surface area contributed by atoms with E-state index < -0.39 is 0 Å². The lowest BCUT2D eigenvalue weighted by molar-refractivity contribution is 0.213. The summed E-state index contributed by atoms with van der Waals surface area (Å²) >= 11 is 0. The lowest BCUT2D eigenvalue weighted by Gasteiger charge is -2.18. The fourth-order valence-corrected chi connectivity index (χ4v) is 2.12. The van der Waals surface area contributed by atoms with E-state index in [4.69, 9.17) is 10.5 Å². The first-order valence-corrected chi connectivity index (χ1v) is 6.29. The van der Waals surface area contributed by atoms with Crippen LogP contribution < -0.4 is 10.5 Å². The van der Waals surface area contributed by atoms with Gasteiger partial charge in [-0.05, 0) is 54.8 Å². The topological polar surface area (TPSA) is 35.2 Å². The molecule has 0 saturated carbocycles. The average Bonchev–Trinajstić information content (AvgIpc) is 2.34. The van der Waals surface area contributed by atoms with E-state index in [1.165, 1.54) is 12.1 Å². The Hall–Kier alpha value is -1.87. The maximum atomic E-state index is 13.2. The molecule has 1 atom stereocenters. The van der Waals surface area contributed by atoms with Gasteiger partial charge in [0, 0.05) is 6.54 Å². The third-order valence-corrected chi connectivity index (χ3v) is 2.91. The van der Waals surface area contributed by atoms with Crippen molar-refractivity contribution in [2.45, 2.75) is 20.0 Å². The summed E-state index contributed by atoms with van der Waals surface area (Å²) in [6, 6.07) is 12.3. The highest BCUT2D eigenvalue weighted by Gasteiger charge is 2.12. The Kier molecular flexibility index (Phi) is 4.17. The number of halogens is 1. The van der Waals surface area contributed by atoms with Gasteiger partial charge in [-0.15, -0.1) is 0 Å². The molecule has 1 unspecified atom stereocenters. The molecule has 3 heteroatoms. The Balaban J connectivity index is 2.23. The zero-order valence-corrected chi connectivity index (χ0v) is 11.2. The predicted molar refractivity (Wildman–Crippen MR) is 74.7 cm³/mol. The molecule has 0 saturated heterocycles. The smallest absolute Gasteiger partial charge is 0.136 e. The number of hydrogen-bond acceptors (Lipinski definition) is 2. The summed E-state index contributed by atoms with van der Waals surface area (Å²) in [5.74, 6) is 0.484. The number of benzene rings is 2. The second-order valence-electron chi connectivity index (χ2n) is 4.72. The molecule has 0 fully saturated rings. The molecule has 0 aromatic heterocycles. The molecule has 100 valence electrons. The Bertz CT molecular complexity index is 548. The van der Waals surface area contributed by atoms with Gasteiger partial charge in [-0.2, -0.15) is 0 Å². The highest BCUT2D eigenvalue weighted by molar-refractivity contribution is 5.34. The molecule has 2 nitrogen and oxygen atoms in total. The summed E-state index contributed by atoms with van der Waals surface area (Å²) in [5, 5.41) is 0. The zero-order valence-electron chi connectivity index (χ0n) is 11.2. The van der Waals surface area contributed by atoms with Gasteiger partial charge in [0.15, 0.2) is 0 Å². The molecule has 0 radical (unpaired) electrons. The first-order valence-electron chi connectivity index (χ1n) is 6.29. The number of ether oxygens (including phenoxy) is 1. The van der Waals surface area contributed by atoms with E-state index in [2.05, 4.69) is 6.07 Å². The molecule has 2 aromatic carbocycles. The van der Waals surface area contributed by atoms with Crippen molar-refractivity contribution in [3.8, 4) is 5.75 Å². The van der Waals surface area contributed by atoms with Crippen LogP contribution in [0.15, 0.2) is 42.5 Å². The lowest BCUT2D eigenvalue weighted by Crippen LogP contribution is -2.18. The van der Waals surface area contributed by atoms with Crippen molar-refractivity contribution in [1.82, 2.24) is 0 Å². The van der Waals surface area contributed by atoms with Crippen molar-refractivity contribution in [2.24, 2.45) is 5.73 Å². The summed E-state index contributed by atoms with van der Waals surface area (Å²) in [6.07, 6.45) is -0.336. The van der Waals surface area contributed by atoms with Gasteiger partial charge in [-0.3, -0.25) is 0 Å². The van der Waals surface area contributed by atoms with Crippen LogP contribution in [0.2, 0.25) is 0 Å². The van der Waals surface area contributed by atoms with E-state index in [9.17, 15) is 4.39 Å². The molecule has 2 N–H and O–H groups in total. The molecule has 19 heavy (non-hydrogen) atoms. The normalized spacial score (nSPS) is 12.2. The van der Waals surface area contributed by atoms with Gasteiger partial charge in [0.25, 0.3) is 0 Å². The van der Waals surface area contributed by atoms with Gasteiger partial charge in [-0.25, -0.2) is 4.39 Å². The average molecular weight is 259 g/mol. The van der Waals surface area contributed by atoms with Gasteiger partial charge >= 0.3 is 0 Å². The number of aryl methyl sites for hydroxylation is 2. The first kappa shape index (κ1) is 13.6. The SMILES string of the molecule is Cc1cc(C)cc(OC(CN)c2cccc(F)c2)c1. The van der Waals surface area contributed by atoms with Crippen LogP contribution in [0, 0.1) is 19.7 Å². The molecule has 0 aliphatic heterocycles. The molecule has 0 aliphatic carbocycles. The van der Waals surface area contributed by atoms with E-state index in [0.717, 1.165) is 22.4 Å². The third kappa shape index (κ3) is 3.55. The van der Waals surface area contributed by atoms with Crippen LogP contribution in [0.3, 0.4) is 0 Å². The van der Waals surface area contributed by atoms with Crippen molar-refractivity contribution in [1.29, 1.82) is 0 Å². The minimum absolute atomic E-state index is 0.278. The van der Waals surface area contributed by atoms with Crippen LogP contribution in [0.1, 0.15) is 22.8 Å². The molecule has 0 bridgehead atoms. The quantitative estimate of drug-likeness (QED) is 0.911. The minimum atomic E-state index is -0.336. The van der Waals surface area contributed by atoms with Gasteiger partial charge in [-0.1, -0.05) is 18.2 Å². The standard InChI is InChI=1S/C16H18FNO/c1-11-6-12(2)8-15(7-11)19-16(10-18)13-4-3-5-14(17)9-13/h3-9,16H,10,18H2,1-2H3. The van der Waals surface area contributed by atoms with Crippen molar-refractivity contribution in [3.05, 3.63) is 65.0 Å². The Morgan fingerprint density at radius 1 is 1.11 bits per heavy atom. The second-order valence-corrected chi connectivity index (χ2v) is 4.72. The number of rotatable bonds is 4. The van der Waals surface area contributed by atoms with E-state index in [-0.39, 0.29) is 11.9 Å². The van der Waals surface area contributed by atoms with Crippen LogP contribution in [-0.2, 0) is 0 Å². The summed E-state index contributed by atoms with van der Waals surface area (Å²) in [4.78, 5) is 0. The maximum Gasteiger partial charge on any atom is 0.136 e. The summed E-state index contributed by atoms with van der Waals surface area (Å²) in [5.41, 5.74) is 8.74. The Labute approximate surface area is 113 Å². The van der Waals surface area contributed by atoms with E-state index >= 15 is 0 Å². The summed E-state index contributed by atoms with van der Waals surface area (Å²) in [7, 11) is 0. The minimum Gasteiger partial charge on any atom is -0.484 e. The zero-order chi connectivity index (χ0) is 13.8. The monoisotopic (exact) mass is 259 g/mol. The molecular formula is C16H18FNO. The molecule has 0 amide bonds. The highest BCUT2D eigenvalue weighted by atomic mass is 19.1. The van der Waals surface area contributed by atoms with Gasteiger partial charge < -0.3 is 10.5 Å². The van der Waals surface area contributed by atoms with Crippen molar-refractivity contribution >= 4 is 0 Å². The van der Waals surface area contributed by atoms with Crippen molar-refractivity contribution < 1.29 is 9.13 Å². The van der Waals surface area contributed by atoms with Crippen LogP contribution >= 0.6 is 0 Å². The van der Waals surface area contributed by atoms with Crippen LogP contribution in [0.5, 0.6) is 5.75 Å². The first-order chi connectivity index (χ1) is 9.08. The van der Waals surface area contributed by atoms with Crippen molar-refractivity contribution in [2.75, 3.05) is 6.54 Å². The van der Waals surface area contributed by atoms with Crippen molar-refractivity contribution in [3.63, 3.8) is 0 Å². The highest BCUT2D eigenvalue weighted by Crippen LogP contribution is 2.24. The molecular weight excluding hydrogens is 241 g/mol. The molecule has 0 heterocycles. The maximum absolute atomic E-state index is 13.2. The summed E-state index contributed by atoms with van der Waals surface area (Å²) < 4.78 is 19.1. The Morgan fingerprint density at radius 3 is 2.37 bits per heavy atom. The third-order valence-electron chi connectivity index (χ3n) is 2.91. The number of nitrogens with two attached hydrogens (primary N) is 1. The molecule has 2 rings (SSSR count). The second kappa shape index (κ2) is 5.85. The number of hydrogen-bond donors (Lipinski definition) is 1. The van der Waals surface area contributed by atoms with Crippen LogP contribution in [-0.4, -0.2) is 6.54 Å². The lowest BCUT2D eigenvalue weighted by atomic mass is 10.1.